The number of hydrogen-bond acceptors (Lipinski definition) is 3. The van der Waals surface area contributed by atoms with Crippen molar-refractivity contribution in [3.05, 3.63) is 0 Å². The summed E-state index contributed by atoms with van der Waals surface area (Å²) in [7, 11) is 0. The Morgan fingerprint density at radius 3 is 2.56 bits per heavy atom. The van der Waals surface area contributed by atoms with Crippen molar-refractivity contribution >= 4 is 0 Å². The molecule has 2 aliphatic rings. The number of hydrogen-bond donors (Lipinski definition) is 1. The van der Waals surface area contributed by atoms with Crippen LogP contribution in [-0.4, -0.2) is 47.8 Å². The van der Waals surface area contributed by atoms with E-state index in [-0.39, 0.29) is 11.2 Å². The van der Waals surface area contributed by atoms with Crippen LogP contribution >= 0.6 is 0 Å². The monoisotopic (exact) mass is 254 g/mol. The Morgan fingerprint density at radius 2 is 2.00 bits per heavy atom. The van der Waals surface area contributed by atoms with Gasteiger partial charge in [-0.25, -0.2) is 0 Å². The van der Waals surface area contributed by atoms with Gasteiger partial charge in [-0.05, 0) is 60.0 Å². The molecule has 106 valence electrons. The van der Waals surface area contributed by atoms with E-state index in [9.17, 15) is 0 Å². The van der Waals surface area contributed by atoms with Gasteiger partial charge < -0.3 is 10.1 Å². The summed E-state index contributed by atoms with van der Waals surface area (Å²) in [5.74, 6) is 0. The maximum absolute atomic E-state index is 6.14. The maximum Gasteiger partial charge on any atom is 0.0787 e. The van der Waals surface area contributed by atoms with E-state index in [2.05, 4.69) is 44.8 Å². The fourth-order valence-electron chi connectivity index (χ4n) is 3.70. The molecule has 3 nitrogen and oxygen atoms in total. The van der Waals surface area contributed by atoms with Crippen LogP contribution in [0.2, 0.25) is 0 Å². The van der Waals surface area contributed by atoms with Gasteiger partial charge in [0.05, 0.1) is 11.2 Å². The zero-order valence-electron chi connectivity index (χ0n) is 12.8. The Bertz CT molecular complexity index is 288. The topological polar surface area (TPSA) is 24.5 Å². The molecule has 2 aliphatic heterocycles. The predicted molar refractivity (Wildman–Crippen MR) is 75.9 cm³/mol. The summed E-state index contributed by atoms with van der Waals surface area (Å²) in [6.45, 7) is 14.7. The summed E-state index contributed by atoms with van der Waals surface area (Å²) in [6, 6.07) is 1.21. The molecule has 0 bridgehead atoms. The fourth-order valence-corrected chi connectivity index (χ4v) is 3.70. The van der Waals surface area contributed by atoms with Crippen LogP contribution in [-0.2, 0) is 4.74 Å². The second kappa shape index (κ2) is 5.10. The molecule has 2 rings (SSSR count). The van der Waals surface area contributed by atoms with Crippen molar-refractivity contribution in [2.24, 2.45) is 0 Å². The van der Waals surface area contributed by atoms with Crippen molar-refractivity contribution in [2.75, 3.05) is 19.6 Å². The van der Waals surface area contributed by atoms with Gasteiger partial charge >= 0.3 is 0 Å². The second-order valence-corrected chi connectivity index (χ2v) is 7.05. The highest BCUT2D eigenvalue weighted by Crippen LogP contribution is 2.37. The molecule has 0 saturated carbocycles. The largest absolute Gasteiger partial charge is 0.368 e. The number of ether oxygens (including phenoxy) is 1. The van der Waals surface area contributed by atoms with E-state index in [1.165, 1.54) is 25.9 Å². The van der Waals surface area contributed by atoms with Crippen molar-refractivity contribution < 1.29 is 4.74 Å². The first-order chi connectivity index (χ1) is 8.34. The summed E-state index contributed by atoms with van der Waals surface area (Å²) in [5.41, 5.74) is -0.0273. The Morgan fingerprint density at radius 1 is 1.28 bits per heavy atom. The SMILES string of the molecule is CCN1CCCC1CNC1CC(C)(C)OC1(C)C. The molecule has 0 aromatic rings. The van der Waals surface area contributed by atoms with E-state index in [4.69, 9.17) is 4.74 Å². The zero-order valence-corrected chi connectivity index (χ0v) is 12.8. The molecule has 0 aliphatic carbocycles. The minimum atomic E-state index is -0.0425. The molecule has 2 fully saturated rings. The molecule has 0 aromatic carbocycles. The van der Waals surface area contributed by atoms with Gasteiger partial charge in [0.1, 0.15) is 0 Å². The van der Waals surface area contributed by atoms with E-state index in [0.29, 0.717) is 6.04 Å². The van der Waals surface area contributed by atoms with E-state index in [1.807, 2.05) is 0 Å². The van der Waals surface area contributed by atoms with Gasteiger partial charge in [-0.1, -0.05) is 6.92 Å². The summed E-state index contributed by atoms with van der Waals surface area (Å²) < 4.78 is 6.14. The van der Waals surface area contributed by atoms with Crippen molar-refractivity contribution in [3.8, 4) is 0 Å². The fraction of sp³-hybridized carbons (Fsp3) is 1.00. The number of nitrogens with one attached hydrogen (secondary N) is 1. The lowest BCUT2D eigenvalue weighted by molar-refractivity contribution is -0.0700. The summed E-state index contributed by atoms with van der Waals surface area (Å²) >= 11 is 0. The molecule has 2 unspecified atom stereocenters. The third kappa shape index (κ3) is 3.06. The van der Waals surface area contributed by atoms with Gasteiger partial charge in [-0.15, -0.1) is 0 Å². The van der Waals surface area contributed by atoms with Gasteiger partial charge in [0.2, 0.25) is 0 Å². The molecule has 0 radical (unpaired) electrons. The van der Waals surface area contributed by atoms with Gasteiger partial charge in [0.25, 0.3) is 0 Å². The lowest BCUT2D eigenvalue weighted by atomic mass is 9.94. The standard InChI is InChI=1S/C15H30N2O/c1-6-17-9-7-8-12(17)11-16-13-10-14(2,3)18-15(13,4)5/h12-13,16H,6-11H2,1-5H3. The average molecular weight is 254 g/mol. The van der Waals surface area contributed by atoms with Crippen LogP contribution in [0.5, 0.6) is 0 Å². The van der Waals surface area contributed by atoms with E-state index < -0.39 is 0 Å². The summed E-state index contributed by atoms with van der Waals surface area (Å²) in [6.07, 6.45) is 3.81. The molecule has 0 amide bonds. The van der Waals surface area contributed by atoms with Crippen LogP contribution in [0.4, 0.5) is 0 Å². The molecule has 3 heteroatoms. The van der Waals surface area contributed by atoms with E-state index in [0.717, 1.165) is 19.0 Å². The molecule has 2 atom stereocenters. The van der Waals surface area contributed by atoms with Crippen LogP contribution in [0.25, 0.3) is 0 Å². The summed E-state index contributed by atoms with van der Waals surface area (Å²) in [5, 5.41) is 3.77. The Hall–Kier alpha value is -0.120. The van der Waals surface area contributed by atoms with Gasteiger partial charge in [-0.2, -0.15) is 0 Å². The van der Waals surface area contributed by atoms with E-state index in [1.54, 1.807) is 0 Å². The minimum absolute atomic E-state index is 0.0152. The molecule has 0 aromatic heterocycles. The lowest BCUT2D eigenvalue weighted by Crippen LogP contribution is -2.48. The first kappa shape index (κ1) is 14.3. The normalized spacial score (nSPS) is 35.2. The average Bonchev–Trinajstić information content (AvgIpc) is 2.76. The van der Waals surface area contributed by atoms with Crippen molar-refractivity contribution in [3.63, 3.8) is 0 Å². The van der Waals surface area contributed by atoms with Crippen LogP contribution in [0.3, 0.4) is 0 Å². The molecular weight excluding hydrogens is 224 g/mol. The Balaban J connectivity index is 1.87. The Kier molecular flexibility index (Phi) is 4.05. The lowest BCUT2D eigenvalue weighted by Gasteiger charge is -2.30. The van der Waals surface area contributed by atoms with Gasteiger partial charge in [0.15, 0.2) is 0 Å². The van der Waals surface area contributed by atoms with Crippen LogP contribution < -0.4 is 5.32 Å². The van der Waals surface area contributed by atoms with Crippen molar-refractivity contribution in [1.29, 1.82) is 0 Å². The first-order valence-electron chi connectivity index (χ1n) is 7.52. The molecule has 2 saturated heterocycles. The van der Waals surface area contributed by atoms with Crippen LogP contribution in [0, 0.1) is 0 Å². The first-order valence-corrected chi connectivity index (χ1v) is 7.52. The molecule has 2 heterocycles. The number of likely N-dealkylation sites (N-methyl/N-ethyl adjacent to an activating group) is 1. The highest BCUT2D eigenvalue weighted by molar-refractivity contribution is 4.99. The summed E-state index contributed by atoms with van der Waals surface area (Å²) in [4.78, 5) is 2.60. The zero-order chi connectivity index (χ0) is 13.4. The smallest absolute Gasteiger partial charge is 0.0787 e. The highest BCUT2D eigenvalue weighted by Gasteiger charge is 2.45. The Labute approximate surface area is 112 Å². The quantitative estimate of drug-likeness (QED) is 0.834. The molecule has 1 N–H and O–H groups in total. The van der Waals surface area contributed by atoms with Gasteiger partial charge in [0, 0.05) is 18.6 Å². The number of likely N-dealkylation sites (tertiary alicyclic amines) is 1. The highest BCUT2D eigenvalue weighted by atomic mass is 16.5. The molecule has 18 heavy (non-hydrogen) atoms. The minimum Gasteiger partial charge on any atom is -0.368 e. The van der Waals surface area contributed by atoms with E-state index >= 15 is 0 Å². The third-order valence-electron chi connectivity index (χ3n) is 4.58. The van der Waals surface area contributed by atoms with Crippen LogP contribution in [0.15, 0.2) is 0 Å². The van der Waals surface area contributed by atoms with Crippen LogP contribution in [0.1, 0.15) is 53.9 Å². The predicted octanol–water partition coefficient (Wildman–Crippen LogP) is 2.41. The third-order valence-corrected chi connectivity index (χ3v) is 4.58. The number of nitrogens with zero attached hydrogens (tertiary/aromatic N) is 1. The van der Waals surface area contributed by atoms with Gasteiger partial charge in [-0.3, -0.25) is 4.90 Å². The maximum atomic E-state index is 6.14. The second-order valence-electron chi connectivity index (χ2n) is 7.05. The molecular formula is C15H30N2O. The number of rotatable bonds is 4. The van der Waals surface area contributed by atoms with Crippen molar-refractivity contribution in [2.45, 2.75) is 77.2 Å². The molecule has 0 spiro atoms. The van der Waals surface area contributed by atoms with Crippen molar-refractivity contribution in [1.82, 2.24) is 10.2 Å².